The van der Waals surface area contributed by atoms with Crippen molar-refractivity contribution < 1.29 is 14.3 Å². The van der Waals surface area contributed by atoms with E-state index >= 15 is 0 Å². The zero-order valence-corrected chi connectivity index (χ0v) is 17.5. The minimum Gasteiger partial charge on any atom is -0.497 e. The number of fused-ring (bicyclic) bond motifs is 1. The number of carbonyl (C=O) groups excluding carboxylic acids is 1. The first-order chi connectivity index (χ1) is 14.7. The summed E-state index contributed by atoms with van der Waals surface area (Å²) in [6.07, 6.45) is 2.91. The Hall–Kier alpha value is -3.28. The second-order valence-corrected chi connectivity index (χ2v) is 7.43. The van der Waals surface area contributed by atoms with Gasteiger partial charge in [-0.3, -0.25) is 4.79 Å². The highest BCUT2D eigenvalue weighted by Crippen LogP contribution is 2.27. The number of ether oxygens (including phenoxy) is 2. The minimum atomic E-state index is -0.1000. The topological polar surface area (TPSA) is 63.7 Å². The van der Waals surface area contributed by atoms with Gasteiger partial charge in [-0.25, -0.2) is 4.98 Å². The van der Waals surface area contributed by atoms with E-state index in [9.17, 15) is 4.79 Å². The third-order valence-corrected chi connectivity index (χ3v) is 5.52. The third kappa shape index (κ3) is 4.17. The van der Waals surface area contributed by atoms with Gasteiger partial charge in [0.25, 0.3) is 5.91 Å². The summed E-state index contributed by atoms with van der Waals surface area (Å²) in [5, 5.41) is 4.04. The molecule has 0 aliphatic carbocycles. The molecular weight excluding hydrogens is 378 g/mol. The molecule has 2 aromatic carbocycles. The van der Waals surface area contributed by atoms with Crippen molar-refractivity contribution in [3.05, 3.63) is 59.7 Å². The highest BCUT2D eigenvalue weighted by Gasteiger charge is 2.22. The van der Waals surface area contributed by atoms with Crippen LogP contribution in [-0.4, -0.2) is 44.7 Å². The number of carbonyl (C=O) groups is 1. The lowest BCUT2D eigenvalue weighted by atomic mass is 10.1. The lowest BCUT2D eigenvalue weighted by Crippen LogP contribution is -2.29. The molecule has 0 radical (unpaired) electrons. The number of hydrogen-bond donors (Lipinski definition) is 1. The molecule has 1 saturated heterocycles. The molecule has 0 bridgehead atoms. The molecule has 0 spiro atoms. The Kier molecular flexibility index (Phi) is 6.02. The number of para-hydroxylation sites is 1. The summed E-state index contributed by atoms with van der Waals surface area (Å²) >= 11 is 0. The van der Waals surface area contributed by atoms with Crippen molar-refractivity contribution in [2.24, 2.45) is 0 Å². The first-order valence-corrected chi connectivity index (χ1v) is 10.3. The molecule has 0 atom stereocenters. The molecule has 30 heavy (non-hydrogen) atoms. The standard InChI is InChI=1S/C24H27N3O3/c1-29-19-9-10-22(30-2)18(15-19)11-12-25-24(28)20-16-17-7-3-4-8-21(17)26-23(20)27-13-5-6-14-27/h3-4,7-10,15-16H,5-6,11-14H2,1-2H3,(H,25,28). The predicted molar refractivity (Wildman–Crippen MR) is 119 cm³/mol. The molecule has 1 aliphatic heterocycles. The lowest BCUT2D eigenvalue weighted by molar-refractivity contribution is 0.0954. The van der Waals surface area contributed by atoms with Crippen LogP contribution in [0.2, 0.25) is 0 Å². The summed E-state index contributed by atoms with van der Waals surface area (Å²) in [4.78, 5) is 20.1. The number of pyridine rings is 1. The minimum absolute atomic E-state index is 0.1000. The SMILES string of the molecule is COc1ccc(OC)c(CCNC(=O)c2cc3ccccc3nc2N2CCCC2)c1. The Labute approximate surface area is 176 Å². The molecule has 0 unspecified atom stereocenters. The van der Waals surface area contributed by atoms with Gasteiger partial charge in [0.05, 0.1) is 25.3 Å². The van der Waals surface area contributed by atoms with Gasteiger partial charge in [0.15, 0.2) is 0 Å². The number of methoxy groups -OCH3 is 2. The van der Waals surface area contributed by atoms with Crippen LogP contribution in [-0.2, 0) is 6.42 Å². The highest BCUT2D eigenvalue weighted by molar-refractivity contribution is 6.02. The Morgan fingerprint density at radius 1 is 1.07 bits per heavy atom. The number of aromatic nitrogens is 1. The molecule has 6 nitrogen and oxygen atoms in total. The molecule has 2 heterocycles. The van der Waals surface area contributed by atoms with E-state index in [-0.39, 0.29) is 5.91 Å². The smallest absolute Gasteiger partial charge is 0.255 e. The van der Waals surface area contributed by atoms with Crippen molar-refractivity contribution in [3.63, 3.8) is 0 Å². The Morgan fingerprint density at radius 2 is 1.87 bits per heavy atom. The van der Waals surface area contributed by atoms with Crippen molar-refractivity contribution in [2.75, 3.05) is 38.8 Å². The maximum Gasteiger partial charge on any atom is 0.255 e. The fourth-order valence-electron chi connectivity index (χ4n) is 3.93. The summed E-state index contributed by atoms with van der Waals surface area (Å²) in [6, 6.07) is 15.6. The molecule has 1 amide bonds. The maximum atomic E-state index is 13.1. The Bertz CT molecular complexity index is 1050. The fraction of sp³-hybridized carbons (Fsp3) is 0.333. The second-order valence-electron chi connectivity index (χ2n) is 7.43. The highest BCUT2D eigenvalue weighted by atomic mass is 16.5. The summed E-state index contributed by atoms with van der Waals surface area (Å²) < 4.78 is 10.7. The normalized spacial score (nSPS) is 13.5. The number of amides is 1. The van der Waals surface area contributed by atoms with Crippen LogP contribution in [0.15, 0.2) is 48.5 Å². The molecule has 1 N–H and O–H groups in total. The largest absolute Gasteiger partial charge is 0.497 e. The average molecular weight is 405 g/mol. The molecule has 1 aliphatic rings. The van der Waals surface area contributed by atoms with Crippen LogP contribution < -0.4 is 19.7 Å². The van der Waals surface area contributed by atoms with E-state index in [1.807, 2.05) is 48.5 Å². The zero-order chi connectivity index (χ0) is 20.9. The van der Waals surface area contributed by atoms with Crippen LogP contribution in [0.4, 0.5) is 5.82 Å². The predicted octanol–water partition coefficient (Wildman–Crippen LogP) is 3.82. The van der Waals surface area contributed by atoms with Gasteiger partial charge in [-0.15, -0.1) is 0 Å². The van der Waals surface area contributed by atoms with Crippen LogP contribution >= 0.6 is 0 Å². The van der Waals surface area contributed by atoms with Gasteiger partial charge in [-0.05, 0) is 55.2 Å². The van der Waals surface area contributed by atoms with Crippen LogP contribution in [0.1, 0.15) is 28.8 Å². The van der Waals surface area contributed by atoms with E-state index in [1.165, 1.54) is 0 Å². The van der Waals surface area contributed by atoms with E-state index < -0.39 is 0 Å². The fourth-order valence-corrected chi connectivity index (χ4v) is 3.93. The second kappa shape index (κ2) is 9.03. The van der Waals surface area contributed by atoms with Crippen LogP contribution in [0.5, 0.6) is 11.5 Å². The molecular formula is C24H27N3O3. The van der Waals surface area contributed by atoms with Gasteiger partial charge in [0.1, 0.15) is 17.3 Å². The zero-order valence-electron chi connectivity index (χ0n) is 17.5. The van der Waals surface area contributed by atoms with Gasteiger partial charge in [-0.2, -0.15) is 0 Å². The van der Waals surface area contributed by atoms with Crippen molar-refractivity contribution in [1.82, 2.24) is 10.3 Å². The van der Waals surface area contributed by atoms with Crippen LogP contribution in [0.25, 0.3) is 10.9 Å². The molecule has 1 fully saturated rings. The van der Waals surface area contributed by atoms with Gasteiger partial charge in [-0.1, -0.05) is 18.2 Å². The van der Waals surface area contributed by atoms with Crippen molar-refractivity contribution >= 4 is 22.6 Å². The van der Waals surface area contributed by atoms with E-state index in [4.69, 9.17) is 14.5 Å². The first kappa shape index (κ1) is 20.0. The molecule has 3 aromatic rings. The number of nitrogens with zero attached hydrogens (tertiary/aromatic N) is 2. The van der Waals surface area contributed by atoms with E-state index in [1.54, 1.807) is 14.2 Å². The van der Waals surface area contributed by atoms with Gasteiger partial charge in [0.2, 0.25) is 0 Å². The number of anilines is 1. The third-order valence-electron chi connectivity index (χ3n) is 5.52. The Balaban J connectivity index is 1.54. The average Bonchev–Trinajstić information content (AvgIpc) is 3.33. The Morgan fingerprint density at radius 3 is 2.63 bits per heavy atom. The maximum absolute atomic E-state index is 13.1. The van der Waals surface area contributed by atoms with E-state index in [0.29, 0.717) is 18.5 Å². The number of rotatable bonds is 7. The van der Waals surface area contributed by atoms with Gasteiger partial charge < -0.3 is 19.7 Å². The molecule has 0 saturated carbocycles. The van der Waals surface area contributed by atoms with Crippen molar-refractivity contribution in [1.29, 1.82) is 0 Å². The quantitative estimate of drug-likeness (QED) is 0.647. The van der Waals surface area contributed by atoms with Crippen molar-refractivity contribution in [3.8, 4) is 11.5 Å². The molecule has 156 valence electrons. The van der Waals surface area contributed by atoms with Crippen molar-refractivity contribution in [2.45, 2.75) is 19.3 Å². The van der Waals surface area contributed by atoms with Crippen LogP contribution in [0.3, 0.4) is 0 Å². The first-order valence-electron chi connectivity index (χ1n) is 10.3. The monoisotopic (exact) mass is 405 g/mol. The number of benzene rings is 2. The van der Waals surface area contributed by atoms with Gasteiger partial charge >= 0.3 is 0 Å². The molecule has 6 heteroatoms. The lowest BCUT2D eigenvalue weighted by Gasteiger charge is -2.20. The number of hydrogen-bond acceptors (Lipinski definition) is 5. The molecule has 1 aromatic heterocycles. The van der Waals surface area contributed by atoms with Crippen LogP contribution in [0, 0.1) is 0 Å². The van der Waals surface area contributed by atoms with Gasteiger partial charge in [0, 0.05) is 25.0 Å². The number of nitrogens with one attached hydrogen (secondary N) is 1. The summed E-state index contributed by atoms with van der Waals surface area (Å²) in [5.74, 6) is 2.24. The summed E-state index contributed by atoms with van der Waals surface area (Å²) in [6.45, 7) is 2.37. The van der Waals surface area contributed by atoms with E-state index in [2.05, 4.69) is 10.2 Å². The summed E-state index contributed by atoms with van der Waals surface area (Å²) in [7, 11) is 3.28. The molecule has 4 rings (SSSR count). The summed E-state index contributed by atoms with van der Waals surface area (Å²) in [5.41, 5.74) is 2.54. The van der Waals surface area contributed by atoms with E-state index in [0.717, 1.165) is 59.7 Å².